The molecule has 3 rings (SSSR count). The van der Waals surface area contributed by atoms with Gasteiger partial charge in [-0.25, -0.2) is 0 Å². The van der Waals surface area contributed by atoms with E-state index >= 15 is 0 Å². The minimum atomic E-state index is 0.585. The van der Waals surface area contributed by atoms with Gasteiger partial charge in [-0.2, -0.15) is 10.1 Å². The van der Waals surface area contributed by atoms with Crippen molar-refractivity contribution in [1.29, 1.82) is 0 Å². The second kappa shape index (κ2) is 7.08. The Morgan fingerprint density at radius 2 is 1.88 bits per heavy atom. The van der Waals surface area contributed by atoms with Crippen LogP contribution in [0.3, 0.4) is 0 Å². The lowest BCUT2D eigenvalue weighted by Crippen LogP contribution is -2.19. The summed E-state index contributed by atoms with van der Waals surface area (Å²) in [5.74, 6) is 1.27. The van der Waals surface area contributed by atoms with Gasteiger partial charge < -0.3 is 10.2 Å². The van der Waals surface area contributed by atoms with Crippen LogP contribution >= 0.6 is 0 Å². The zero-order valence-electron chi connectivity index (χ0n) is 14.2. The molecular weight excluding hydrogens is 298 g/mol. The number of hydrogen-bond donors (Lipinski definition) is 1. The van der Waals surface area contributed by atoms with E-state index < -0.39 is 0 Å². The van der Waals surface area contributed by atoms with Crippen molar-refractivity contribution in [3.8, 4) is 0 Å². The van der Waals surface area contributed by atoms with Crippen molar-refractivity contribution in [2.45, 2.75) is 20.8 Å². The summed E-state index contributed by atoms with van der Waals surface area (Å²) in [7, 11) is 0. The van der Waals surface area contributed by atoms with Crippen molar-refractivity contribution >= 4 is 23.1 Å². The molecule has 0 radical (unpaired) electrons. The number of rotatable bonds is 5. The molecule has 0 spiro atoms. The molecule has 0 saturated carbocycles. The lowest BCUT2D eigenvalue weighted by Gasteiger charge is -2.21. The number of nitrogens with one attached hydrogen (secondary N) is 1. The maximum atomic E-state index is 4.63. The van der Waals surface area contributed by atoms with E-state index in [-0.39, 0.29) is 0 Å². The molecule has 0 amide bonds. The lowest BCUT2D eigenvalue weighted by atomic mass is 10.2. The van der Waals surface area contributed by atoms with Crippen molar-refractivity contribution in [3.05, 3.63) is 65.9 Å². The van der Waals surface area contributed by atoms with E-state index in [0.29, 0.717) is 11.8 Å². The SMILES string of the molecule is CCN(c1cccc(C)c1)c1nncc(Nc2ccccc2C)n1. The fourth-order valence-electron chi connectivity index (χ4n) is 2.56. The molecule has 2 aromatic carbocycles. The molecule has 1 N–H and O–H groups in total. The van der Waals surface area contributed by atoms with E-state index in [9.17, 15) is 0 Å². The van der Waals surface area contributed by atoms with Gasteiger partial charge in [0.2, 0.25) is 0 Å². The first kappa shape index (κ1) is 15.9. The molecule has 0 atom stereocenters. The van der Waals surface area contributed by atoms with Crippen molar-refractivity contribution in [1.82, 2.24) is 15.2 Å². The smallest absolute Gasteiger partial charge is 0.251 e. The van der Waals surface area contributed by atoms with Crippen molar-refractivity contribution in [2.24, 2.45) is 0 Å². The highest BCUT2D eigenvalue weighted by Crippen LogP contribution is 2.24. The van der Waals surface area contributed by atoms with Crippen LogP contribution in [-0.4, -0.2) is 21.7 Å². The number of benzene rings is 2. The highest BCUT2D eigenvalue weighted by atomic mass is 15.3. The van der Waals surface area contributed by atoms with Gasteiger partial charge in [-0.15, -0.1) is 5.10 Å². The summed E-state index contributed by atoms with van der Waals surface area (Å²) in [4.78, 5) is 6.67. The Labute approximate surface area is 142 Å². The molecular formula is C19H21N5. The predicted molar refractivity (Wildman–Crippen MR) is 98.1 cm³/mol. The average Bonchev–Trinajstić information content (AvgIpc) is 2.58. The molecule has 1 heterocycles. The highest BCUT2D eigenvalue weighted by molar-refractivity contribution is 5.62. The standard InChI is InChI=1S/C19H21N5/c1-4-24(16-10-7-8-14(2)12-16)19-22-18(13-20-23-19)21-17-11-6-5-9-15(17)3/h5-13H,4H2,1-3H3,(H,21,22,23). The Morgan fingerprint density at radius 1 is 1.04 bits per heavy atom. The first-order valence-electron chi connectivity index (χ1n) is 8.04. The molecule has 0 saturated heterocycles. The minimum Gasteiger partial charge on any atom is -0.339 e. The molecule has 0 unspecified atom stereocenters. The number of anilines is 4. The summed E-state index contributed by atoms with van der Waals surface area (Å²) in [6, 6.07) is 16.4. The van der Waals surface area contributed by atoms with Crippen molar-refractivity contribution in [2.75, 3.05) is 16.8 Å². The summed E-state index contributed by atoms with van der Waals surface area (Å²) in [6.07, 6.45) is 1.64. The highest BCUT2D eigenvalue weighted by Gasteiger charge is 2.12. The van der Waals surface area contributed by atoms with Crippen LogP contribution in [0.5, 0.6) is 0 Å². The Hall–Kier alpha value is -2.95. The van der Waals surface area contributed by atoms with Crippen LogP contribution in [0.1, 0.15) is 18.1 Å². The summed E-state index contributed by atoms with van der Waals surface area (Å²) in [6.45, 7) is 6.97. The molecule has 5 heteroatoms. The van der Waals surface area contributed by atoms with E-state index in [2.05, 4.69) is 65.5 Å². The number of hydrogen-bond acceptors (Lipinski definition) is 5. The van der Waals surface area contributed by atoms with Crippen LogP contribution in [0.25, 0.3) is 0 Å². The zero-order chi connectivity index (χ0) is 16.9. The van der Waals surface area contributed by atoms with Crippen molar-refractivity contribution in [3.63, 3.8) is 0 Å². The second-order valence-corrected chi connectivity index (χ2v) is 5.66. The number of aryl methyl sites for hydroxylation is 2. The van der Waals surface area contributed by atoms with E-state index in [1.807, 2.05) is 29.2 Å². The monoisotopic (exact) mass is 319 g/mol. The van der Waals surface area contributed by atoms with Gasteiger partial charge in [0, 0.05) is 17.9 Å². The molecule has 5 nitrogen and oxygen atoms in total. The van der Waals surface area contributed by atoms with E-state index in [1.165, 1.54) is 5.56 Å². The third-order valence-electron chi connectivity index (χ3n) is 3.83. The van der Waals surface area contributed by atoms with Gasteiger partial charge >= 0.3 is 0 Å². The largest absolute Gasteiger partial charge is 0.339 e. The van der Waals surface area contributed by atoms with Gasteiger partial charge in [-0.05, 0) is 50.1 Å². The maximum Gasteiger partial charge on any atom is 0.251 e. The Balaban J connectivity index is 1.90. The van der Waals surface area contributed by atoms with Gasteiger partial charge in [0.05, 0.1) is 6.20 Å². The average molecular weight is 319 g/mol. The molecule has 122 valence electrons. The Kier molecular flexibility index (Phi) is 4.70. The maximum absolute atomic E-state index is 4.63. The molecule has 0 aliphatic heterocycles. The van der Waals surface area contributed by atoms with Gasteiger partial charge in [0.1, 0.15) is 0 Å². The van der Waals surface area contributed by atoms with Crippen LogP contribution in [0, 0.1) is 13.8 Å². The Morgan fingerprint density at radius 3 is 2.62 bits per heavy atom. The van der Waals surface area contributed by atoms with Gasteiger partial charge in [0.15, 0.2) is 5.82 Å². The second-order valence-electron chi connectivity index (χ2n) is 5.66. The third kappa shape index (κ3) is 3.51. The van der Waals surface area contributed by atoms with Crippen LogP contribution in [0.4, 0.5) is 23.1 Å². The third-order valence-corrected chi connectivity index (χ3v) is 3.83. The number of nitrogens with zero attached hydrogens (tertiary/aromatic N) is 4. The predicted octanol–water partition coefficient (Wildman–Crippen LogP) is 4.39. The van der Waals surface area contributed by atoms with Gasteiger partial charge in [-0.1, -0.05) is 30.3 Å². The normalized spacial score (nSPS) is 10.5. The molecule has 0 aliphatic rings. The topological polar surface area (TPSA) is 53.9 Å². The first-order valence-corrected chi connectivity index (χ1v) is 8.04. The van der Waals surface area contributed by atoms with E-state index in [1.54, 1.807) is 6.20 Å². The van der Waals surface area contributed by atoms with Crippen LogP contribution in [0.15, 0.2) is 54.7 Å². The van der Waals surface area contributed by atoms with Crippen molar-refractivity contribution < 1.29 is 0 Å². The fourth-order valence-corrected chi connectivity index (χ4v) is 2.56. The van der Waals surface area contributed by atoms with Crippen LogP contribution in [0.2, 0.25) is 0 Å². The zero-order valence-corrected chi connectivity index (χ0v) is 14.2. The first-order chi connectivity index (χ1) is 11.7. The van der Waals surface area contributed by atoms with E-state index in [4.69, 9.17) is 0 Å². The number of aromatic nitrogens is 3. The van der Waals surface area contributed by atoms with Gasteiger partial charge in [-0.3, -0.25) is 0 Å². The summed E-state index contributed by atoms with van der Waals surface area (Å²) >= 11 is 0. The minimum absolute atomic E-state index is 0.585. The van der Waals surface area contributed by atoms with E-state index in [0.717, 1.165) is 23.5 Å². The van der Waals surface area contributed by atoms with Crippen LogP contribution in [-0.2, 0) is 0 Å². The molecule has 0 fully saturated rings. The van der Waals surface area contributed by atoms with Crippen LogP contribution < -0.4 is 10.2 Å². The molecule has 0 aliphatic carbocycles. The molecule has 1 aromatic heterocycles. The number of para-hydroxylation sites is 1. The molecule has 0 bridgehead atoms. The quantitative estimate of drug-likeness (QED) is 0.756. The molecule has 3 aromatic rings. The molecule has 24 heavy (non-hydrogen) atoms. The Bertz CT molecular complexity index is 831. The van der Waals surface area contributed by atoms with Gasteiger partial charge in [0.25, 0.3) is 5.95 Å². The summed E-state index contributed by atoms with van der Waals surface area (Å²) in [5.41, 5.74) is 4.44. The fraction of sp³-hybridized carbons (Fsp3) is 0.211. The summed E-state index contributed by atoms with van der Waals surface area (Å²) in [5, 5.41) is 11.6. The summed E-state index contributed by atoms with van der Waals surface area (Å²) < 4.78 is 0. The lowest BCUT2D eigenvalue weighted by molar-refractivity contribution is 0.886.